The van der Waals surface area contributed by atoms with E-state index in [1.165, 1.54) is 0 Å². The van der Waals surface area contributed by atoms with Crippen molar-refractivity contribution in [2.45, 2.75) is 40.0 Å². The van der Waals surface area contributed by atoms with Gasteiger partial charge in [-0.05, 0) is 30.6 Å². The number of aliphatic hydroxyl groups is 1. The summed E-state index contributed by atoms with van der Waals surface area (Å²) < 4.78 is 25.4. The number of hydrogen-bond donors (Lipinski definition) is 1. The van der Waals surface area contributed by atoms with Gasteiger partial charge in [0, 0.05) is 19.7 Å². The second-order valence-electron chi connectivity index (χ2n) is 5.93. The van der Waals surface area contributed by atoms with Crippen LogP contribution in [0.25, 0.3) is 0 Å². The van der Waals surface area contributed by atoms with E-state index in [0.717, 1.165) is 12.8 Å². The lowest BCUT2D eigenvalue weighted by Crippen LogP contribution is -2.42. The summed E-state index contributed by atoms with van der Waals surface area (Å²) in [4.78, 5) is 0. The van der Waals surface area contributed by atoms with Crippen LogP contribution in [0, 0.1) is 11.3 Å². The van der Waals surface area contributed by atoms with E-state index in [-0.39, 0.29) is 17.8 Å². The van der Waals surface area contributed by atoms with Crippen molar-refractivity contribution in [1.29, 1.82) is 0 Å². The summed E-state index contributed by atoms with van der Waals surface area (Å²) in [5.41, 5.74) is 0.265. The minimum Gasteiger partial charge on any atom is -0.396 e. The molecule has 5 heteroatoms. The lowest BCUT2D eigenvalue weighted by Gasteiger charge is -2.38. The van der Waals surface area contributed by atoms with E-state index < -0.39 is 10.0 Å². The SMILES string of the molecule is CC(C)(C)C1CCN(S(=O)(=O)CCCO)CC1. The molecule has 102 valence electrons. The van der Waals surface area contributed by atoms with Crippen molar-refractivity contribution in [2.75, 3.05) is 25.4 Å². The molecule has 1 aliphatic rings. The summed E-state index contributed by atoms with van der Waals surface area (Å²) in [6.45, 7) is 7.86. The lowest BCUT2D eigenvalue weighted by atomic mass is 9.76. The number of sulfonamides is 1. The molecule has 0 bridgehead atoms. The Morgan fingerprint density at radius 2 is 1.76 bits per heavy atom. The fourth-order valence-corrected chi connectivity index (χ4v) is 3.90. The molecular formula is C12H25NO3S. The highest BCUT2D eigenvalue weighted by Gasteiger charge is 2.32. The van der Waals surface area contributed by atoms with Crippen LogP contribution in [0.5, 0.6) is 0 Å². The predicted molar refractivity (Wildman–Crippen MR) is 69.2 cm³/mol. The smallest absolute Gasteiger partial charge is 0.214 e. The van der Waals surface area contributed by atoms with Crippen LogP contribution >= 0.6 is 0 Å². The van der Waals surface area contributed by atoms with E-state index in [1.807, 2.05) is 0 Å². The average Bonchev–Trinajstić information content (AvgIpc) is 2.25. The van der Waals surface area contributed by atoms with Crippen LogP contribution in [0.1, 0.15) is 40.0 Å². The van der Waals surface area contributed by atoms with Crippen molar-refractivity contribution in [3.05, 3.63) is 0 Å². The van der Waals surface area contributed by atoms with E-state index in [1.54, 1.807) is 4.31 Å². The molecule has 1 rings (SSSR count). The fourth-order valence-electron chi connectivity index (χ4n) is 2.38. The number of nitrogens with zero attached hydrogens (tertiary/aromatic N) is 1. The molecule has 1 N–H and O–H groups in total. The van der Waals surface area contributed by atoms with E-state index >= 15 is 0 Å². The maximum Gasteiger partial charge on any atom is 0.214 e. The molecule has 0 unspecified atom stereocenters. The van der Waals surface area contributed by atoms with Crippen LogP contribution in [-0.2, 0) is 10.0 Å². The third-order valence-electron chi connectivity index (χ3n) is 3.63. The van der Waals surface area contributed by atoms with E-state index in [4.69, 9.17) is 5.11 Å². The molecule has 0 amide bonds. The maximum absolute atomic E-state index is 11.9. The molecule has 0 spiro atoms. The summed E-state index contributed by atoms with van der Waals surface area (Å²) in [6, 6.07) is 0. The van der Waals surface area contributed by atoms with Crippen LogP contribution in [0.4, 0.5) is 0 Å². The maximum atomic E-state index is 11.9. The zero-order valence-corrected chi connectivity index (χ0v) is 12.0. The molecule has 1 aliphatic heterocycles. The minimum absolute atomic E-state index is 0.0579. The number of piperidine rings is 1. The molecule has 4 nitrogen and oxygen atoms in total. The van der Waals surface area contributed by atoms with Crippen LogP contribution in [0.15, 0.2) is 0 Å². The normalized spacial score (nSPS) is 20.7. The molecule has 1 fully saturated rings. The van der Waals surface area contributed by atoms with E-state index in [0.29, 0.717) is 25.4 Å². The van der Waals surface area contributed by atoms with Gasteiger partial charge in [-0.2, -0.15) is 0 Å². The van der Waals surface area contributed by atoms with Gasteiger partial charge in [0.2, 0.25) is 10.0 Å². The first kappa shape index (κ1) is 14.9. The van der Waals surface area contributed by atoms with Gasteiger partial charge in [0.05, 0.1) is 5.75 Å². The number of rotatable bonds is 4. The van der Waals surface area contributed by atoms with Crippen LogP contribution in [-0.4, -0.2) is 43.3 Å². The third-order valence-corrected chi connectivity index (χ3v) is 5.59. The zero-order valence-electron chi connectivity index (χ0n) is 11.1. The van der Waals surface area contributed by atoms with Crippen molar-refractivity contribution >= 4 is 10.0 Å². The molecule has 0 radical (unpaired) electrons. The molecule has 0 aromatic rings. The molecule has 1 heterocycles. The number of aliphatic hydroxyl groups excluding tert-OH is 1. The molecule has 17 heavy (non-hydrogen) atoms. The van der Waals surface area contributed by atoms with Gasteiger partial charge in [-0.3, -0.25) is 0 Å². The Balaban J connectivity index is 2.52. The van der Waals surface area contributed by atoms with Crippen LogP contribution in [0.3, 0.4) is 0 Å². The first-order valence-electron chi connectivity index (χ1n) is 6.36. The molecule has 0 aromatic carbocycles. The molecular weight excluding hydrogens is 238 g/mol. The monoisotopic (exact) mass is 263 g/mol. The fraction of sp³-hybridized carbons (Fsp3) is 1.00. The Labute approximate surface area is 105 Å². The second-order valence-corrected chi connectivity index (χ2v) is 8.02. The van der Waals surface area contributed by atoms with Crippen molar-refractivity contribution in [1.82, 2.24) is 4.31 Å². The van der Waals surface area contributed by atoms with Gasteiger partial charge in [0.1, 0.15) is 0 Å². The quantitative estimate of drug-likeness (QED) is 0.835. The van der Waals surface area contributed by atoms with Crippen molar-refractivity contribution < 1.29 is 13.5 Å². The minimum atomic E-state index is -3.14. The molecule has 0 atom stereocenters. The van der Waals surface area contributed by atoms with Gasteiger partial charge in [-0.25, -0.2) is 12.7 Å². The van der Waals surface area contributed by atoms with Crippen LogP contribution < -0.4 is 0 Å². The number of hydrogen-bond acceptors (Lipinski definition) is 3. The molecule has 0 saturated carbocycles. The standard InChI is InChI=1S/C12H25NO3S/c1-12(2,3)11-5-7-13(8-6-11)17(15,16)10-4-9-14/h11,14H,4-10H2,1-3H3. The predicted octanol–water partition coefficient (Wildman–Crippen LogP) is 1.46. The summed E-state index contributed by atoms with van der Waals surface area (Å²) in [6.07, 6.45) is 2.23. The van der Waals surface area contributed by atoms with Crippen molar-refractivity contribution in [3.8, 4) is 0 Å². The Hall–Kier alpha value is -0.130. The first-order chi connectivity index (χ1) is 7.77. The highest BCUT2D eigenvalue weighted by atomic mass is 32.2. The summed E-state index contributed by atoms with van der Waals surface area (Å²) in [7, 11) is -3.14. The Morgan fingerprint density at radius 1 is 1.24 bits per heavy atom. The average molecular weight is 263 g/mol. The van der Waals surface area contributed by atoms with Gasteiger partial charge >= 0.3 is 0 Å². The third kappa shape index (κ3) is 4.23. The lowest BCUT2D eigenvalue weighted by molar-refractivity contribution is 0.154. The largest absolute Gasteiger partial charge is 0.396 e. The van der Waals surface area contributed by atoms with E-state index in [9.17, 15) is 8.42 Å². The summed E-state index contributed by atoms with van der Waals surface area (Å²) >= 11 is 0. The molecule has 0 aliphatic carbocycles. The highest BCUT2D eigenvalue weighted by molar-refractivity contribution is 7.89. The molecule has 1 saturated heterocycles. The van der Waals surface area contributed by atoms with Gasteiger partial charge < -0.3 is 5.11 Å². The Kier molecular flexibility index (Phi) is 4.98. The van der Waals surface area contributed by atoms with Gasteiger partial charge in [0.15, 0.2) is 0 Å². The highest BCUT2D eigenvalue weighted by Crippen LogP contribution is 2.34. The van der Waals surface area contributed by atoms with Gasteiger partial charge in [-0.1, -0.05) is 20.8 Å². The topological polar surface area (TPSA) is 57.6 Å². The Bertz CT molecular complexity index is 324. The second kappa shape index (κ2) is 5.67. The zero-order chi connectivity index (χ0) is 13.1. The van der Waals surface area contributed by atoms with Crippen molar-refractivity contribution in [2.24, 2.45) is 11.3 Å². The van der Waals surface area contributed by atoms with Crippen molar-refractivity contribution in [3.63, 3.8) is 0 Å². The Morgan fingerprint density at radius 3 is 2.18 bits per heavy atom. The van der Waals surface area contributed by atoms with Gasteiger partial charge in [0.25, 0.3) is 0 Å². The molecule has 0 aromatic heterocycles. The first-order valence-corrected chi connectivity index (χ1v) is 7.97. The summed E-state index contributed by atoms with van der Waals surface area (Å²) in [5, 5.41) is 8.69. The van der Waals surface area contributed by atoms with E-state index in [2.05, 4.69) is 20.8 Å². The summed E-state index contributed by atoms with van der Waals surface area (Å²) in [5.74, 6) is 0.677. The van der Waals surface area contributed by atoms with Gasteiger partial charge in [-0.15, -0.1) is 0 Å². The van der Waals surface area contributed by atoms with Crippen LogP contribution in [0.2, 0.25) is 0 Å².